The summed E-state index contributed by atoms with van der Waals surface area (Å²) in [6, 6.07) is 4.29. The van der Waals surface area contributed by atoms with Crippen LogP contribution >= 0.6 is 23.4 Å². The number of thioether (sulfide) groups is 1. The minimum absolute atomic E-state index is 0.0784. The monoisotopic (exact) mass is 422 g/mol. The second-order valence-electron chi connectivity index (χ2n) is 7.11. The summed E-state index contributed by atoms with van der Waals surface area (Å²) in [4.78, 5) is 43.4. The molecular weight excluding hydrogens is 400 g/mol. The third kappa shape index (κ3) is 4.17. The smallest absolute Gasteiger partial charge is 0.262 e. The maximum Gasteiger partial charge on any atom is 0.262 e. The number of primary amides is 1. The molecule has 2 heterocycles. The Balaban J connectivity index is 1.89. The van der Waals surface area contributed by atoms with Crippen LogP contribution in [0.15, 0.2) is 28.2 Å². The van der Waals surface area contributed by atoms with Gasteiger partial charge in [-0.3, -0.25) is 19.0 Å². The maximum absolute atomic E-state index is 12.9. The van der Waals surface area contributed by atoms with Gasteiger partial charge in [-0.25, -0.2) is 4.98 Å². The third-order valence-electron chi connectivity index (χ3n) is 4.82. The standard InChI is InChI=1S/C19H23ClN4O3S/c1-11(2)24-18(27)13-7-6-12(20)9-14(13)22-19(24)28-10-16(25)23-8-4-3-5-15(23)17(21)26/h6-7,9,11,15H,3-5,8,10H2,1-2H3,(H2,21,26)/t15-/m1/s1. The summed E-state index contributed by atoms with van der Waals surface area (Å²) in [5.74, 6) is -0.575. The number of nitrogens with zero attached hydrogens (tertiary/aromatic N) is 3. The molecule has 7 nitrogen and oxygen atoms in total. The van der Waals surface area contributed by atoms with E-state index in [0.29, 0.717) is 34.0 Å². The normalized spacial score (nSPS) is 17.3. The number of benzene rings is 1. The van der Waals surface area contributed by atoms with E-state index in [1.54, 1.807) is 27.7 Å². The number of likely N-dealkylation sites (tertiary alicyclic amines) is 1. The van der Waals surface area contributed by atoms with Crippen molar-refractivity contribution in [2.45, 2.75) is 50.4 Å². The van der Waals surface area contributed by atoms with Crippen LogP contribution in [0.3, 0.4) is 0 Å². The fourth-order valence-corrected chi connectivity index (χ4v) is 4.62. The van der Waals surface area contributed by atoms with E-state index in [1.165, 1.54) is 11.8 Å². The summed E-state index contributed by atoms with van der Waals surface area (Å²) in [5, 5.41) is 1.43. The molecule has 0 radical (unpaired) electrons. The number of piperidine rings is 1. The van der Waals surface area contributed by atoms with Crippen molar-refractivity contribution in [3.8, 4) is 0 Å². The summed E-state index contributed by atoms with van der Waals surface area (Å²) < 4.78 is 1.58. The number of fused-ring (bicyclic) bond motifs is 1. The second kappa shape index (κ2) is 8.53. The number of hydrogen-bond donors (Lipinski definition) is 1. The largest absolute Gasteiger partial charge is 0.368 e. The Labute approximate surface area is 172 Å². The van der Waals surface area contributed by atoms with Crippen molar-refractivity contribution in [2.75, 3.05) is 12.3 Å². The van der Waals surface area contributed by atoms with E-state index in [-0.39, 0.29) is 23.3 Å². The molecule has 3 rings (SSSR count). The first-order valence-corrected chi connectivity index (χ1v) is 10.6. The predicted molar refractivity (Wildman–Crippen MR) is 111 cm³/mol. The van der Waals surface area contributed by atoms with Gasteiger partial charge in [-0.1, -0.05) is 23.4 Å². The van der Waals surface area contributed by atoms with Crippen molar-refractivity contribution in [3.05, 3.63) is 33.6 Å². The zero-order valence-corrected chi connectivity index (χ0v) is 17.4. The number of carbonyl (C=O) groups excluding carboxylic acids is 2. The van der Waals surface area contributed by atoms with Crippen LogP contribution in [0.2, 0.25) is 5.02 Å². The van der Waals surface area contributed by atoms with Crippen LogP contribution in [0.4, 0.5) is 0 Å². The third-order valence-corrected chi connectivity index (χ3v) is 6.00. The number of carbonyl (C=O) groups is 2. The molecule has 1 aliphatic heterocycles. The number of aromatic nitrogens is 2. The lowest BCUT2D eigenvalue weighted by molar-refractivity contribution is -0.138. The molecule has 0 aliphatic carbocycles. The quantitative estimate of drug-likeness (QED) is 0.589. The van der Waals surface area contributed by atoms with E-state index in [1.807, 2.05) is 13.8 Å². The lowest BCUT2D eigenvalue weighted by atomic mass is 10.0. The first-order valence-electron chi connectivity index (χ1n) is 9.23. The van der Waals surface area contributed by atoms with E-state index >= 15 is 0 Å². The molecule has 1 aromatic heterocycles. The maximum atomic E-state index is 12.9. The Hall–Kier alpha value is -2.06. The number of nitrogens with two attached hydrogens (primary N) is 1. The Kier molecular flexibility index (Phi) is 6.30. The van der Waals surface area contributed by atoms with Gasteiger partial charge in [0.25, 0.3) is 5.56 Å². The van der Waals surface area contributed by atoms with Crippen LogP contribution in [0.25, 0.3) is 10.9 Å². The van der Waals surface area contributed by atoms with Gasteiger partial charge in [-0.2, -0.15) is 0 Å². The lowest BCUT2D eigenvalue weighted by Crippen LogP contribution is -2.51. The van der Waals surface area contributed by atoms with E-state index in [0.717, 1.165) is 12.8 Å². The zero-order chi connectivity index (χ0) is 20.4. The van der Waals surface area contributed by atoms with Crippen LogP contribution in [0, 0.1) is 0 Å². The van der Waals surface area contributed by atoms with Crippen LogP contribution in [-0.4, -0.2) is 44.6 Å². The Morgan fingerprint density at radius 3 is 2.79 bits per heavy atom. The molecule has 1 fully saturated rings. The van der Waals surface area contributed by atoms with Gasteiger partial charge in [-0.05, 0) is 51.3 Å². The molecular formula is C19H23ClN4O3S. The molecule has 1 atom stereocenters. The highest BCUT2D eigenvalue weighted by atomic mass is 35.5. The van der Waals surface area contributed by atoms with Crippen LogP contribution in [-0.2, 0) is 9.59 Å². The highest BCUT2D eigenvalue weighted by molar-refractivity contribution is 7.99. The summed E-state index contributed by atoms with van der Waals surface area (Å²) in [6.07, 6.45) is 2.32. The van der Waals surface area contributed by atoms with Gasteiger partial charge in [0.1, 0.15) is 6.04 Å². The second-order valence-corrected chi connectivity index (χ2v) is 8.49. The van der Waals surface area contributed by atoms with Crippen LogP contribution in [0.5, 0.6) is 0 Å². The first-order chi connectivity index (χ1) is 13.3. The van der Waals surface area contributed by atoms with E-state index < -0.39 is 11.9 Å². The van der Waals surface area contributed by atoms with Crippen molar-refractivity contribution in [3.63, 3.8) is 0 Å². The van der Waals surface area contributed by atoms with Crippen molar-refractivity contribution >= 4 is 46.1 Å². The van der Waals surface area contributed by atoms with Gasteiger partial charge in [-0.15, -0.1) is 0 Å². The number of hydrogen-bond acceptors (Lipinski definition) is 5. The topological polar surface area (TPSA) is 98.3 Å². The molecule has 1 aliphatic rings. The summed E-state index contributed by atoms with van der Waals surface area (Å²) >= 11 is 7.23. The molecule has 150 valence electrons. The van der Waals surface area contributed by atoms with Gasteiger partial charge in [0, 0.05) is 17.6 Å². The molecule has 2 amide bonds. The molecule has 0 saturated carbocycles. The number of rotatable bonds is 5. The minimum Gasteiger partial charge on any atom is -0.368 e. The Morgan fingerprint density at radius 2 is 2.11 bits per heavy atom. The zero-order valence-electron chi connectivity index (χ0n) is 15.9. The van der Waals surface area contributed by atoms with Crippen LogP contribution in [0.1, 0.15) is 39.2 Å². The van der Waals surface area contributed by atoms with E-state index in [4.69, 9.17) is 17.3 Å². The van der Waals surface area contributed by atoms with Gasteiger partial charge >= 0.3 is 0 Å². The Bertz CT molecular complexity index is 976. The van der Waals surface area contributed by atoms with E-state index in [2.05, 4.69) is 4.98 Å². The van der Waals surface area contributed by atoms with Gasteiger partial charge < -0.3 is 10.6 Å². The highest BCUT2D eigenvalue weighted by Gasteiger charge is 2.30. The lowest BCUT2D eigenvalue weighted by Gasteiger charge is -2.33. The molecule has 1 saturated heterocycles. The van der Waals surface area contributed by atoms with Gasteiger partial charge in [0.15, 0.2) is 5.16 Å². The molecule has 2 aromatic rings. The van der Waals surface area contributed by atoms with E-state index in [9.17, 15) is 14.4 Å². The molecule has 0 bridgehead atoms. The van der Waals surface area contributed by atoms with Crippen LogP contribution < -0.4 is 11.3 Å². The summed E-state index contributed by atoms with van der Waals surface area (Å²) in [5.41, 5.74) is 5.78. The molecule has 0 spiro atoms. The fraction of sp³-hybridized carbons (Fsp3) is 0.474. The minimum atomic E-state index is -0.558. The SMILES string of the molecule is CC(C)n1c(SCC(=O)N2CCCC[C@@H]2C(N)=O)nc2cc(Cl)ccc2c1=O. The summed E-state index contributed by atoms with van der Waals surface area (Å²) in [7, 11) is 0. The van der Waals surface area contributed by atoms with Crippen molar-refractivity contribution in [1.29, 1.82) is 0 Å². The summed E-state index contributed by atoms with van der Waals surface area (Å²) in [6.45, 7) is 4.31. The number of halogens is 1. The number of amides is 2. The first kappa shape index (κ1) is 20.7. The predicted octanol–water partition coefficient (Wildman–Crippen LogP) is 2.59. The molecule has 0 unspecified atom stereocenters. The highest BCUT2D eigenvalue weighted by Crippen LogP contribution is 2.24. The molecule has 9 heteroatoms. The Morgan fingerprint density at radius 1 is 1.36 bits per heavy atom. The average molecular weight is 423 g/mol. The molecule has 2 N–H and O–H groups in total. The van der Waals surface area contributed by atoms with Crippen molar-refractivity contribution < 1.29 is 9.59 Å². The average Bonchev–Trinajstić information content (AvgIpc) is 2.65. The van der Waals surface area contributed by atoms with Gasteiger partial charge in [0.05, 0.1) is 16.7 Å². The fourth-order valence-electron chi connectivity index (χ4n) is 3.44. The molecule has 1 aromatic carbocycles. The van der Waals surface area contributed by atoms with Gasteiger partial charge in [0.2, 0.25) is 11.8 Å². The molecule has 28 heavy (non-hydrogen) atoms. The van der Waals surface area contributed by atoms with Crippen molar-refractivity contribution in [1.82, 2.24) is 14.5 Å². The van der Waals surface area contributed by atoms with Crippen molar-refractivity contribution in [2.24, 2.45) is 5.73 Å².